The van der Waals surface area contributed by atoms with Crippen molar-refractivity contribution in [3.8, 4) is 0 Å². The van der Waals surface area contributed by atoms with Crippen LogP contribution in [0, 0.1) is 5.92 Å². The molecule has 0 N–H and O–H groups in total. The van der Waals surface area contributed by atoms with Gasteiger partial charge in [0.05, 0.1) is 23.4 Å². The van der Waals surface area contributed by atoms with Crippen LogP contribution in [0.1, 0.15) is 24.1 Å². The number of hydroxylamine groups is 1. The standard InChI is InChI=1S/C25H24N2O3/c1-2-28-25-24-21(22(26-29-25)18-12-6-3-7-13-18)23(19-14-8-4-9-15-19)27(30-24)20-16-10-5-11-17-20/h3-17,21,23-25H,2H2,1H3/t21-,23+,24+,25+/m0/s1. The Hall–Kier alpha value is -3.15. The lowest BCUT2D eigenvalue weighted by Crippen LogP contribution is -2.43. The normalized spacial score (nSPS) is 25.4. The highest BCUT2D eigenvalue weighted by atomic mass is 16.8. The molecule has 30 heavy (non-hydrogen) atoms. The van der Waals surface area contributed by atoms with E-state index in [1.54, 1.807) is 0 Å². The van der Waals surface area contributed by atoms with Crippen LogP contribution in [0.2, 0.25) is 0 Å². The third kappa shape index (κ3) is 3.36. The first-order valence-electron chi connectivity index (χ1n) is 10.3. The molecule has 3 aromatic carbocycles. The number of nitrogens with zero attached hydrogens (tertiary/aromatic N) is 2. The van der Waals surface area contributed by atoms with Gasteiger partial charge in [0.2, 0.25) is 0 Å². The molecule has 0 bridgehead atoms. The number of ether oxygens (including phenoxy) is 1. The third-order valence-electron chi connectivity index (χ3n) is 5.57. The molecule has 1 fully saturated rings. The van der Waals surface area contributed by atoms with E-state index in [9.17, 15) is 0 Å². The molecular weight excluding hydrogens is 376 g/mol. The second-order valence-electron chi connectivity index (χ2n) is 7.38. The Kier molecular flexibility index (Phi) is 5.22. The summed E-state index contributed by atoms with van der Waals surface area (Å²) < 4.78 is 5.87. The first kappa shape index (κ1) is 18.9. The van der Waals surface area contributed by atoms with Crippen molar-refractivity contribution in [3.05, 3.63) is 102 Å². The quantitative estimate of drug-likeness (QED) is 0.607. The Morgan fingerprint density at radius 2 is 1.50 bits per heavy atom. The van der Waals surface area contributed by atoms with Crippen molar-refractivity contribution < 1.29 is 14.4 Å². The molecule has 0 radical (unpaired) electrons. The van der Waals surface area contributed by atoms with Crippen LogP contribution in [0.25, 0.3) is 0 Å². The summed E-state index contributed by atoms with van der Waals surface area (Å²) in [6.07, 6.45) is -0.879. The fourth-order valence-electron chi connectivity index (χ4n) is 4.27. The number of fused-ring (bicyclic) bond motifs is 1. The van der Waals surface area contributed by atoms with Crippen molar-refractivity contribution in [1.82, 2.24) is 0 Å². The van der Waals surface area contributed by atoms with Crippen molar-refractivity contribution in [3.63, 3.8) is 0 Å². The molecule has 2 aliphatic heterocycles. The summed E-state index contributed by atoms with van der Waals surface area (Å²) in [5.41, 5.74) is 4.06. The lowest BCUT2D eigenvalue weighted by atomic mass is 9.82. The number of benzene rings is 3. The van der Waals surface area contributed by atoms with Gasteiger partial charge in [-0.2, -0.15) is 0 Å². The van der Waals surface area contributed by atoms with Gasteiger partial charge in [0.15, 0.2) is 6.10 Å². The summed E-state index contributed by atoms with van der Waals surface area (Å²) in [5.74, 6) is -0.0553. The Balaban J connectivity index is 1.64. The van der Waals surface area contributed by atoms with Gasteiger partial charge in [0, 0.05) is 6.61 Å². The molecule has 5 nitrogen and oxygen atoms in total. The molecule has 0 unspecified atom stereocenters. The first-order chi connectivity index (χ1) is 14.9. The maximum absolute atomic E-state index is 6.54. The van der Waals surface area contributed by atoms with E-state index in [-0.39, 0.29) is 18.1 Å². The van der Waals surface area contributed by atoms with E-state index >= 15 is 0 Å². The summed E-state index contributed by atoms with van der Waals surface area (Å²) in [5, 5.41) is 6.52. The number of rotatable bonds is 5. The van der Waals surface area contributed by atoms with Crippen molar-refractivity contribution in [2.24, 2.45) is 11.1 Å². The van der Waals surface area contributed by atoms with E-state index in [4.69, 9.17) is 14.4 Å². The van der Waals surface area contributed by atoms with Crippen LogP contribution in [-0.4, -0.2) is 24.7 Å². The SMILES string of the molecule is CCO[C@@H]1ON=C(c2ccccc2)[C@@H]2[C@H]1ON(c1ccccc1)[C@@H]2c1ccccc1. The zero-order chi connectivity index (χ0) is 20.3. The zero-order valence-corrected chi connectivity index (χ0v) is 16.8. The van der Waals surface area contributed by atoms with Crippen LogP contribution in [0.4, 0.5) is 5.69 Å². The summed E-state index contributed by atoms with van der Waals surface area (Å²) in [6, 6.07) is 30.7. The molecule has 152 valence electrons. The van der Waals surface area contributed by atoms with E-state index < -0.39 is 6.29 Å². The van der Waals surface area contributed by atoms with Gasteiger partial charge < -0.3 is 9.57 Å². The lowest BCUT2D eigenvalue weighted by Gasteiger charge is -2.31. The Morgan fingerprint density at radius 1 is 0.867 bits per heavy atom. The van der Waals surface area contributed by atoms with E-state index in [0.29, 0.717) is 6.61 Å². The maximum Gasteiger partial charge on any atom is 0.256 e. The van der Waals surface area contributed by atoms with Crippen LogP contribution in [-0.2, 0) is 14.4 Å². The molecule has 0 saturated carbocycles. The average molecular weight is 400 g/mol. The Bertz CT molecular complexity index is 995. The summed E-state index contributed by atoms with van der Waals surface area (Å²) in [4.78, 5) is 12.3. The minimum Gasteiger partial charge on any atom is -0.360 e. The van der Waals surface area contributed by atoms with Crippen molar-refractivity contribution >= 4 is 11.4 Å². The topological polar surface area (TPSA) is 43.3 Å². The van der Waals surface area contributed by atoms with Crippen molar-refractivity contribution in [1.29, 1.82) is 0 Å². The van der Waals surface area contributed by atoms with Gasteiger partial charge in [0.1, 0.15) is 0 Å². The molecule has 3 aromatic rings. The zero-order valence-electron chi connectivity index (χ0n) is 16.8. The summed E-state index contributed by atoms with van der Waals surface area (Å²) in [7, 11) is 0. The van der Waals surface area contributed by atoms with Crippen LogP contribution >= 0.6 is 0 Å². The maximum atomic E-state index is 6.54. The number of hydrogen-bond donors (Lipinski definition) is 0. The Morgan fingerprint density at radius 3 is 2.17 bits per heavy atom. The van der Waals surface area contributed by atoms with Crippen LogP contribution in [0.5, 0.6) is 0 Å². The molecule has 2 heterocycles. The molecule has 1 saturated heterocycles. The van der Waals surface area contributed by atoms with Crippen molar-refractivity contribution in [2.75, 3.05) is 11.7 Å². The predicted molar refractivity (Wildman–Crippen MR) is 116 cm³/mol. The molecule has 5 rings (SSSR count). The third-order valence-corrected chi connectivity index (χ3v) is 5.57. The minimum atomic E-state index is -0.563. The van der Waals surface area contributed by atoms with Gasteiger partial charge in [-0.1, -0.05) is 84.0 Å². The molecule has 0 amide bonds. The number of oxime groups is 1. The highest BCUT2D eigenvalue weighted by Gasteiger charge is 2.54. The van der Waals surface area contributed by atoms with Gasteiger partial charge in [-0.3, -0.25) is 4.84 Å². The van der Waals surface area contributed by atoms with E-state index in [1.807, 2.05) is 54.5 Å². The van der Waals surface area contributed by atoms with Crippen LogP contribution < -0.4 is 5.06 Å². The fraction of sp³-hybridized carbons (Fsp3) is 0.240. The molecular formula is C25H24N2O3. The first-order valence-corrected chi connectivity index (χ1v) is 10.3. The van der Waals surface area contributed by atoms with E-state index in [1.165, 1.54) is 0 Å². The molecule has 0 aromatic heterocycles. The van der Waals surface area contributed by atoms with Gasteiger partial charge in [-0.25, -0.2) is 5.06 Å². The lowest BCUT2D eigenvalue weighted by molar-refractivity contribution is -0.208. The second-order valence-corrected chi connectivity index (χ2v) is 7.38. The predicted octanol–water partition coefficient (Wildman–Crippen LogP) is 4.96. The Labute approximate surface area is 176 Å². The van der Waals surface area contributed by atoms with Crippen LogP contribution in [0.15, 0.2) is 96.2 Å². The largest absolute Gasteiger partial charge is 0.360 e. The van der Waals surface area contributed by atoms with Gasteiger partial charge in [-0.05, 0) is 30.2 Å². The van der Waals surface area contributed by atoms with E-state index in [0.717, 1.165) is 22.5 Å². The highest BCUT2D eigenvalue weighted by molar-refractivity contribution is 6.03. The highest BCUT2D eigenvalue weighted by Crippen LogP contribution is 2.47. The van der Waals surface area contributed by atoms with Gasteiger partial charge in [0.25, 0.3) is 6.29 Å². The molecule has 0 aliphatic carbocycles. The molecule has 5 heteroatoms. The van der Waals surface area contributed by atoms with Crippen molar-refractivity contribution in [2.45, 2.75) is 25.4 Å². The van der Waals surface area contributed by atoms with Gasteiger partial charge in [-0.15, -0.1) is 0 Å². The molecule has 2 aliphatic rings. The fourth-order valence-corrected chi connectivity index (χ4v) is 4.27. The molecule has 0 spiro atoms. The van der Waals surface area contributed by atoms with Crippen LogP contribution in [0.3, 0.4) is 0 Å². The minimum absolute atomic E-state index is 0.0553. The number of hydrogen-bond acceptors (Lipinski definition) is 5. The summed E-state index contributed by atoms with van der Waals surface area (Å²) in [6.45, 7) is 2.47. The second kappa shape index (κ2) is 8.30. The van der Waals surface area contributed by atoms with Gasteiger partial charge >= 0.3 is 0 Å². The number of anilines is 1. The average Bonchev–Trinajstić information content (AvgIpc) is 3.22. The number of para-hydroxylation sites is 1. The monoisotopic (exact) mass is 400 g/mol. The van der Waals surface area contributed by atoms with E-state index in [2.05, 4.69) is 53.7 Å². The molecule has 4 atom stereocenters. The summed E-state index contributed by atoms with van der Waals surface area (Å²) >= 11 is 0. The smallest absolute Gasteiger partial charge is 0.256 e.